The van der Waals surface area contributed by atoms with Crippen LogP contribution in [0.1, 0.15) is 40.6 Å². The quantitative estimate of drug-likeness (QED) is 0.552. The van der Waals surface area contributed by atoms with Gasteiger partial charge in [-0.05, 0) is 48.4 Å². The van der Waals surface area contributed by atoms with E-state index in [1.165, 1.54) is 12.1 Å². The number of rotatable bonds is 2. The lowest BCUT2D eigenvalue weighted by atomic mass is 9.93. The number of anilines is 1. The molecule has 0 saturated carbocycles. The SMILES string of the molecule is CC1OC[C@@H](N(C)C(=O)c2ccc3nc(N)c4cncn4c3c2)c2ccc(F)cc21. The summed E-state index contributed by atoms with van der Waals surface area (Å²) in [6.07, 6.45) is 3.07. The maximum absolute atomic E-state index is 13.7. The van der Waals surface area contributed by atoms with Crippen molar-refractivity contribution in [2.24, 2.45) is 0 Å². The monoisotopic (exact) mass is 405 g/mol. The van der Waals surface area contributed by atoms with E-state index in [4.69, 9.17) is 10.5 Å². The molecule has 30 heavy (non-hydrogen) atoms. The number of fused-ring (bicyclic) bond motifs is 4. The molecule has 0 fully saturated rings. The van der Waals surface area contributed by atoms with E-state index in [0.29, 0.717) is 29.0 Å². The maximum Gasteiger partial charge on any atom is 0.254 e. The van der Waals surface area contributed by atoms with Crippen molar-refractivity contribution in [1.82, 2.24) is 19.3 Å². The fourth-order valence-electron chi connectivity index (χ4n) is 4.09. The Labute approximate surface area is 171 Å². The molecule has 1 unspecified atom stereocenters. The lowest BCUT2D eigenvalue weighted by Crippen LogP contribution is -2.37. The topological polar surface area (TPSA) is 85.8 Å². The van der Waals surface area contributed by atoms with Gasteiger partial charge in [0.05, 0.1) is 42.3 Å². The van der Waals surface area contributed by atoms with Crippen molar-refractivity contribution in [3.63, 3.8) is 0 Å². The van der Waals surface area contributed by atoms with Crippen molar-refractivity contribution < 1.29 is 13.9 Å². The number of likely N-dealkylation sites (N-methyl/N-ethyl adjacent to an activating group) is 1. The summed E-state index contributed by atoms with van der Waals surface area (Å²) < 4.78 is 21.4. The zero-order valence-corrected chi connectivity index (χ0v) is 16.5. The number of aromatic nitrogens is 3. The first-order chi connectivity index (χ1) is 14.4. The van der Waals surface area contributed by atoms with Gasteiger partial charge in [0, 0.05) is 12.6 Å². The summed E-state index contributed by atoms with van der Waals surface area (Å²) in [7, 11) is 1.73. The molecule has 2 aromatic carbocycles. The molecule has 152 valence electrons. The number of carbonyl (C=O) groups is 1. The van der Waals surface area contributed by atoms with Crippen LogP contribution in [0.4, 0.5) is 10.2 Å². The molecule has 0 saturated heterocycles. The molecule has 4 aromatic rings. The lowest BCUT2D eigenvalue weighted by molar-refractivity contribution is 0.00475. The zero-order valence-electron chi connectivity index (χ0n) is 16.5. The number of nitrogens with zero attached hydrogens (tertiary/aromatic N) is 4. The van der Waals surface area contributed by atoms with Crippen LogP contribution in [0.15, 0.2) is 48.9 Å². The van der Waals surface area contributed by atoms with Gasteiger partial charge < -0.3 is 15.4 Å². The smallest absolute Gasteiger partial charge is 0.254 e. The number of benzene rings is 2. The van der Waals surface area contributed by atoms with Gasteiger partial charge in [-0.3, -0.25) is 9.20 Å². The Morgan fingerprint density at radius 1 is 1.23 bits per heavy atom. The highest BCUT2D eigenvalue weighted by Crippen LogP contribution is 2.36. The maximum atomic E-state index is 13.7. The van der Waals surface area contributed by atoms with Crippen molar-refractivity contribution in [3.05, 3.63) is 71.4 Å². The molecule has 5 rings (SSSR count). The van der Waals surface area contributed by atoms with Gasteiger partial charge in [-0.15, -0.1) is 0 Å². The van der Waals surface area contributed by atoms with E-state index in [1.54, 1.807) is 48.7 Å². The fraction of sp³-hybridized carbons (Fsp3) is 0.227. The van der Waals surface area contributed by atoms with Crippen LogP contribution in [0.5, 0.6) is 0 Å². The Hall–Kier alpha value is -3.52. The van der Waals surface area contributed by atoms with Crippen molar-refractivity contribution in [3.8, 4) is 0 Å². The molecular weight excluding hydrogens is 385 g/mol. The van der Waals surface area contributed by atoms with Gasteiger partial charge in [0.15, 0.2) is 0 Å². The Bertz CT molecular complexity index is 1300. The number of ether oxygens (including phenoxy) is 1. The molecule has 1 aliphatic heterocycles. The van der Waals surface area contributed by atoms with E-state index < -0.39 is 0 Å². The van der Waals surface area contributed by atoms with Gasteiger partial charge in [-0.2, -0.15) is 0 Å². The normalized spacial score (nSPS) is 18.5. The van der Waals surface area contributed by atoms with Gasteiger partial charge in [0.1, 0.15) is 17.2 Å². The van der Waals surface area contributed by atoms with Crippen LogP contribution in [-0.2, 0) is 4.74 Å². The van der Waals surface area contributed by atoms with Crippen molar-refractivity contribution in [2.45, 2.75) is 19.1 Å². The molecule has 0 bridgehead atoms. The van der Waals surface area contributed by atoms with Crippen LogP contribution >= 0.6 is 0 Å². The molecule has 1 aliphatic rings. The Morgan fingerprint density at radius 2 is 2.07 bits per heavy atom. The van der Waals surface area contributed by atoms with Crippen LogP contribution < -0.4 is 5.73 Å². The first kappa shape index (κ1) is 18.5. The summed E-state index contributed by atoms with van der Waals surface area (Å²) in [6, 6.07) is 9.62. The fourth-order valence-corrected chi connectivity index (χ4v) is 4.09. The first-order valence-corrected chi connectivity index (χ1v) is 9.63. The molecule has 0 radical (unpaired) electrons. The molecule has 0 aliphatic carbocycles. The minimum Gasteiger partial charge on any atom is -0.382 e. The van der Waals surface area contributed by atoms with Gasteiger partial charge in [0.25, 0.3) is 5.91 Å². The minimum atomic E-state index is -0.315. The average Bonchev–Trinajstić information content (AvgIpc) is 3.24. The van der Waals surface area contributed by atoms with Gasteiger partial charge in [-0.1, -0.05) is 6.07 Å². The standard InChI is InChI=1S/C22H20FN5O2/c1-12-16-8-14(23)4-5-15(16)20(10-30-12)27(2)22(29)13-3-6-17-18(7-13)28-11-25-9-19(28)21(24)26-17/h3-9,11-12,20H,10H2,1-2H3,(H2,24,26)/t12?,20-/m1/s1. The molecule has 2 atom stereocenters. The van der Waals surface area contributed by atoms with E-state index in [1.807, 2.05) is 11.3 Å². The zero-order chi connectivity index (χ0) is 21.0. The molecule has 7 nitrogen and oxygen atoms in total. The van der Waals surface area contributed by atoms with Crippen molar-refractivity contribution >= 4 is 28.3 Å². The van der Waals surface area contributed by atoms with Gasteiger partial charge in [0.2, 0.25) is 0 Å². The third-order valence-electron chi connectivity index (χ3n) is 5.76. The van der Waals surface area contributed by atoms with Crippen molar-refractivity contribution in [1.29, 1.82) is 0 Å². The van der Waals surface area contributed by atoms with Crippen LogP contribution in [-0.4, -0.2) is 38.8 Å². The first-order valence-electron chi connectivity index (χ1n) is 9.63. The average molecular weight is 405 g/mol. The number of hydrogen-bond acceptors (Lipinski definition) is 5. The van der Waals surface area contributed by atoms with Crippen LogP contribution in [0, 0.1) is 5.82 Å². The van der Waals surface area contributed by atoms with Crippen LogP contribution in [0.2, 0.25) is 0 Å². The second-order valence-corrected chi connectivity index (χ2v) is 7.53. The van der Waals surface area contributed by atoms with Gasteiger partial charge in [-0.25, -0.2) is 14.4 Å². The summed E-state index contributed by atoms with van der Waals surface area (Å²) in [5.74, 6) is -0.0987. The predicted octanol–water partition coefficient (Wildman–Crippen LogP) is 3.51. The van der Waals surface area contributed by atoms with E-state index >= 15 is 0 Å². The third-order valence-corrected chi connectivity index (χ3v) is 5.76. The largest absolute Gasteiger partial charge is 0.382 e. The summed E-state index contributed by atoms with van der Waals surface area (Å²) in [4.78, 5) is 23.5. The number of halogens is 1. The second-order valence-electron chi connectivity index (χ2n) is 7.53. The van der Waals surface area contributed by atoms with E-state index in [2.05, 4.69) is 9.97 Å². The Balaban J connectivity index is 1.54. The number of hydrogen-bond donors (Lipinski definition) is 1. The molecular formula is C22H20FN5O2. The highest BCUT2D eigenvalue weighted by molar-refractivity contribution is 5.98. The second kappa shape index (κ2) is 6.77. The molecule has 0 spiro atoms. The van der Waals surface area contributed by atoms with Crippen molar-refractivity contribution in [2.75, 3.05) is 19.4 Å². The molecule has 3 heterocycles. The molecule has 8 heteroatoms. The van der Waals surface area contributed by atoms with E-state index in [9.17, 15) is 9.18 Å². The summed E-state index contributed by atoms with van der Waals surface area (Å²) in [5, 5.41) is 0. The van der Waals surface area contributed by atoms with E-state index in [0.717, 1.165) is 16.6 Å². The van der Waals surface area contributed by atoms with Gasteiger partial charge >= 0.3 is 0 Å². The minimum absolute atomic E-state index is 0.166. The lowest BCUT2D eigenvalue weighted by Gasteiger charge is -2.36. The summed E-state index contributed by atoms with van der Waals surface area (Å²) in [6.45, 7) is 2.23. The molecule has 2 N–H and O–H groups in total. The third kappa shape index (κ3) is 2.80. The highest BCUT2D eigenvalue weighted by Gasteiger charge is 2.31. The number of nitrogens with two attached hydrogens (primary N) is 1. The predicted molar refractivity (Wildman–Crippen MR) is 111 cm³/mol. The Kier molecular flexibility index (Phi) is 4.18. The Morgan fingerprint density at radius 3 is 2.90 bits per heavy atom. The summed E-state index contributed by atoms with van der Waals surface area (Å²) >= 11 is 0. The van der Waals surface area contributed by atoms with E-state index in [-0.39, 0.29) is 23.9 Å². The van der Waals surface area contributed by atoms with Crippen LogP contribution in [0.3, 0.4) is 0 Å². The molecule has 2 aromatic heterocycles. The van der Waals surface area contributed by atoms with Crippen LogP contribution in [0.25, 0.3) is 16.6 Å². The number of carbonyl (C=O) groups excluding carboxylic acids is 1. The highest BCUT2D eigenvalue weighted by atomic mass is 19.1. The number of nitrogen functional groups attached to an aromatic ring is 1. The number of imidazole rings is 1. The number of amides is 1. The molecule has 1 amide bonds. The summed E-state index contributed by atoms with van der Waals surface area (Å²) in [5.41, 5.74) is 10.3.